The summed E-state index contributed by atoms with van der Waals surface area (Å²) < 4.78 is 4.95. The molecule has 1 aromatic heterocycles. The van der Waals surface area contributed by atoms with E-state index < -0.39 is 0 Å². The fourth-order valence-electron chi connectivity index (χ4n) is 1.31. The van der Waals surface area contributed by atoms with Crippen LogP contribution in [-0.2, 0) is 11.2 Å². The molecule has 2 N–H and O–H groups in total. The van der Waals surface area contributed by atoms with Crippen molar-refractivity contribution in [2.75, 3.05) is 13.2 Å². The zero-order valence-electron chi connectivity index (χ0n) is 8.62. The lowest BCUT2D eigenvalue weighted by Gasteiger charge is -2.26. The second-order valence-electron chi connectivity index (χ2n) is 3.56. The van der Waals surface area contributed by atoms with Crippen LogP contribution < -0.4 is 5.32 Å². The van der Waals surface area contributed by atoms with Crippen LogP contribution in [0.4, 0.5) is 0 Å². The first-order chi connectivity index (χ1) is 7.29. The van der Waals surface area contributed by atoms with Crippen LogP contribution in [0.3, 0.4) is 0 Å². The number of rotatable bonds is 4. The van der Waals surface area contributed by atoms with E-state index >= 15 is 0 Å². The van der Waals surface area contributed by atoms with Gasteiger partial charge in [0.25, 0.3) is 5.91 Å². The van der Waals surface area contributed by atoms with Gasteiger partial charge in [-0.05, 0) is 6.42 Å². The van der Waals surface area contributed by atoms with Gasteiger partial charge < -0.3 is 10.1 Å². The number of nitrogens with zero attached hydrogens (tertiary/aromatic N) is 2. The molecule has 2 heterocycles. The van der Waals surface area contributed by atoms with Crippen molar-refractivity contribution >= 4 is 5.91 Å². The molecule has 2 rings (SSSR count). The molecule has 1 aliphatic rings. The molecule has 1 aromatic rings. The summed E-state index contributed by atoms with van der Waals surface area (Å²) in [5.74, 6) is 0.736. The Labute approximate surface area is 87.4 Å². The monoisotopic (exact) mass is 210 g/mol. The molecule has 1 amide bonds. The van der Waals surface area contributed by atoms with Gasteiger partial charge in [-0.15, -0.1) is 5.10 Å². The minimum Gasteiger partial charge on any atom is -0.377 e. The van der Waals surface area contributed by atoms with Crippen LogP contribution in [0.25, 0.3) is 0 Å². The molecule has 0 bridgehead atoms. The number of aromatic amines is 1. The van der Waals surface area contributed by atoms with Crippen LogP contribution in [0.15, 0.2) is 0 Å². The Balaban J connectivity index is 1.92. The van der Waals surface area contributed by atoms with Crippen molar-refractivity contribution in [2.45, 2.75) is 25.8 Å². The molecule has 1 saturated heterocycles. The number of hydrogen-bond donors (Lipinski definition) is 2. The largest absolute Gasteiger partial charge is 0.377 e. The van der Waals surface area contributed by atoms with Crippen LogP contribution in [-0.4, -0.2) is 40.3 Å². The highest BCUT2D eigenvalue weighted by molar-refractivity contribution is 5.90. The van der Waals surface area contributed by atoms with Crippen LogP contribution >= 0.6 is 0 Å². The summed E-state index contributed by atoms with van der Waals surface area (Å²) in [4.78, 5) is 15.6. The Morgan fingerprint density at radius 1 is 1.67 bits per heavy atom. The fourth-order valence-corrected chi connectivity index (χ4v) is 1.31. The van der Waals surface area contributed by atoms with E-state index in [0.717, 1.165) is 18.7 Å². The van der Waals surface area contributed by atoms with E-state index in [9.17, 15) is 4.79 Å². The van der Waals surface area contributed by atoms with Crippen molar-refractivity contribution in [1.29, 1.82) is 0 Å². The molecule has 0 atom stereocenters. The van der Waals surface area contributed by atoms with Gasteiger partial charge in [0.15, 0.2) is 0 Å². The molecule has 1 aliphatic heterocycles. The number of aromatic nitrogens is 3. The molecular formula is C9H14N4O2. The van der Waals surface area contributed by atoms with Crippen molar-refractivity contribution in [1.82, 2.24) is 20.5 Å². The zero-order valence-corrected chi connectivity index (χ0v) is 8.62. The van der Waals surface area contributed by atoms with E-state index in [4.69, 9.17) is 4.74 Å². The Kier molecular flexibility index (Phi) is 2.96. The molecule has 0 unspecified atom stereocenters. The van der Waals surface area contributed by atoms with E-state index in [1.165, 1.54) is 0 Å². The topological polar surface area (TPSA) is 79.9 Å². The molecule has 82 valence electrons. The number of H-pyrrole nitrogens is 1. The first-order valence-corrected chi connectivity index (χ1v) is 5.09. The van der Waals surface area contributed by atoms with Crippen molar-refractivity contribution in [3.05, 3.63) is 11.6 Å². The summed E-state index contributed by atoms with van der Waals surface area (Å²) in [5.41, 5.74) is 0. The van der Waals surface area contributed by atoms with E-state index in [-0.39, 0.29) is 17.8 Å². The molecular weight excluding hydrogens is 196 g/mol. The predicted molar refractivity (Wildman–Crippen MR) is 52.5 cm³/mol. The number of amides is 1. The van der Waals surface area contributed by atoms with Crippen molar-refractivity contribution in [3.63, 3.8) is 0 Å². The summed E-state index contributed by atoms with van der Waals surface area (Å²) in [5, 5.41) is 9.38. The maximum Gasteiger partial charge on any atom is 0.291 e. The van der Waals surface area contributed by atoms with E-state index in [1.807, 2.05) is 6.92 Å². The summed E-state index contributed by atoms with van der Waals surface area (Å²) >= 11 is 0. The quantitative estimate of drug-likeness (QED) is 0.726. The van der Waals surface area contributed by atoms with Crippen LogP contribution in [0, 0.1) is 0 Å². The average Bonchev–Trinajstić information content (AvgIpc) is 2.60. The molecule has 0 aliphatic carbocycles. The second kappa shape index (κ2) is 4.39. The van der Waals surface area contributed by atoms with Gasteiger partial charge in [-0.25, -0.2) is 4.98 Å². The van der Waals surface area contributed by atoms with Gasteiger partial charge >= 0.3 is 0 Å². The van der Waals surface area contributed by atoms with Crippen LogP contribution in [0.1, 0.15) is 29.8 Å². The number of ether oxygens (including phenoxy) is 1. The normalized spacial score (nSPS) is 16.1. The third-order valence-electron chi connectivity index (χ3n) is 2.19. The van der Waals surface area contributed by atoms with Crippen molar-refractivity contribution < 1.29 is 9.53 Å². The zero-order chi connectivity index (χ0) is 10.7. The van der Waals surface area contributed by atoms with E-state index in [1.54, 1.807) is 0 Å². The number of aryl methyl sites for hydroxylation is 1. The van der Waals surface area contributed by atoms with Gasteiger partial charge in [0.2, 0.25) is 5.82 Å². The van der Waals surface area contributed by atoms with Gasteiger partial charge in [-0.2, -0.15) is 0 Å². The minimum absolute atomic E-state index is 0.116. The first kappa shape index (κ1) is 10.1. The molecule has 0 spiro atoms. The lowest BCUT2D eigenvalue weighted by atomic mass is 10.2. The maximum atomic E-state index is 11.6. The predicted octanol–water partition coefficient (Wildman–Crippen LogP) is -0.114. The Morgan fingerprint density at radius 3 is 3.07 bits per heavy atom. The summed E-state index contributed by atoms with van der Waals surface area (Å²) in [6, 6.07) is 0.116. The molecule has 6 nitrogen and oxygen atoms in total. The standard InChI is InChI=1S/C9H14N4O2/c1-2-3-7-11-8(13-12-7)9(14)10-6-4-15-5-6/h6H,2-5H2,1H3,(H,10,14)(H,11,12,13). The second-order valence-corrected chi connectivity index (χ2v) is 3.56. The summed E-state index contributed by atoms with van der Waals surface area (Å²) in [6.07, 6.45) is 1.79. The third-order valence-corrected chi connectivity index (χ3v) is 2.19. The number of carbonyl (C=O) groups is 1. The minimum atomic E-state index is -0.234. The van der Waals surface area contributed by atoms with Crippen molar-refractivity contribution in [2.24, 2.45) is 0 Å². The molecule has 15 heavy (non-hydrogen) atoms. The number of carbonyl (C=O) groups excluding carboxylic acids is 1. The highest BCUT2D eigenvalue weighted by Crippen LogP contribution is 2.02. The SMILES string of the molecule is CCCc1nc(C(=O)NC2COC2)n[nH]1. The first-order valence-electron chi connectivity index (χ1n) is 5.09. The number of nitrogens with one attached hydrogen (secondary N) is 2. The van der Waals surface area contributed by atoms with Crippen LogP contribution in [0.5, 0.6) is 0 Å². The van der Waals surface area contributed by atoms with Gasteiger partial charge in [0.1, 0.15) is 5.82 Å². The third kappa shape index (κ3) is 2.33. The van der Waals surface area contributed by atoms with Crippen LogP contribution in [0.2, 0.25) is 0 Å². The smallest absolute Gasteiger partial charge is 0.291 e. The number of hydrogen-bond acceptors (Lipinski definition) is 4. The molecule has 0 aromatic carbocycles. The highest BCUT2D eigenvalue weighted by atomic mass is 16.5. The molecule has 0 saturated carbocycles. The summed E-state index contributed by atoms with van der Waals surface area (Å²) in [6.45, 7) is 3.21. The average molecular weight is 210 g/mol. The molecule has 1 fully saturated rings. The van der Waals surface area contributed by atoms with Gasteiger partial charge in [-0.3, -0.25) is 9.89 Å². The molecule has 0 radical (unpaired) electrons. The van der Waals surface area contributed by atoms with E-state index in [2.05, 4.69) is 20.5 Å². The van der Waals surface area contributed by atoms with Gasteiger partial charge in [-0.1, -0.05) is 6.92 Å². The Bertz CT molecular complexity index is 346. The molecule has 6 heteroatoms. The van der Waals surface area contributed by atoms with E-state index in [0.29, 0.717) is 13.2 Å². The Morgan fingerprint density at radius 2 is 2.47 bits per heavy atom. The lowest BCUT2D eigenvalue weighted by molar-refractivity contribution is -0.00363. The maximum absolute atomic E-state index is 11.6. The fraction of sp³-hybridized carbons (Fsp3) is 0.667. The van der Waals surface area contributed by atoms with Gasteiger partial charge in [0.05, 0.1) is 19.3 Å². The lowest BCUT2D eigenvalue weighted by Crippen LogP contribution is -2.48. The van der Waals surface area contributed by atoms with Gasteiger partial charge in [0, 0.05) is 6.42 Å². The highest BCUT2D eigenvalue weighted by Gasteiger charge is 2.22. The van der Waals surface area contributed by atoms with Crippen molar-refractivity contribution in [3.8, 4) is 0 Å². The Hall–Kier alpha value is -1.43. The summed E-state index contributed by atoms with van der Waals surface area (Å²) in [7, 11) is 0.